The number of amides is 1. The number of carbonyl (C=O) groups excluding carboxylic acids is 1. The molecule has 4 rings (SSSR count). The summed E-state index contributed by atoms with van der Waals surface area (Å²) in [5.74, 6) is -0.800. The van der Waals surface area contributed by atoms with Gasteiger partial charge in [-0.2, -0.15) is 13.2 Å². The average Bonchev–Trinajstić information content (AvgIpc) is 3.21. The van der Waals surface area contributed by atoms with Crippen molar-refractivity contribution in [2.45, 2.75) is 25.1 Å². The Kier molecular flexibility index (Phi) is 7.56. The van der Waals surface area contributed by atoms with Crippen molar-refractivity contribution < 1.29 is 22.7 Å². The number of ether oxygens (including phenoxy) is 1. The molecule has 182 valence electrons. The van der Waals surface area contributed by atoms with Crippen LogP contribution < -0.4 is 5.32 Å². The molecular formula is C28H27F3N2O2. The highest BCUT2D eigenvalue weighted by molar-refractivity contribution is 5.86. The fourth-order valence-electron chi connectivity index (χ4n) is 4.35. The van der Waals surface area contributed by atoms with E-state index < -0.39 is 17.7 Å². The smallest absolute Gasteiger partial charge is 0.383 e. The van der Waals surface area contributed by atoms with E-state index in [1.807, 2.05) is 60.8 Å². The molecule has 7 heteroatoms. The summed E-state index contributed by atoms with van der Waals surface area (Å²) in [5, 5.41) is 3.71. The molecule has 0 bridgehead atoms. The molecular weight excluding hydrogens is 453 g/mol. The maximum Gasteiger partial charge on any atom is 0.416 e. The lowest BCUT2D eigenvalue weighted by Crippen LogP contribution is -2.28. The standard InChI is InChI=1S/C28H27F3N2O2/c1-35-15-14-32-27(34)17-24(21-10-7-11-22(16-21)28(29,30)31)25-19-33(18-20-8-3-2-4-9-20)26-13-6-5-12-23(25)26/h2-13,16,19,24H,14-15,17-18H2,1H3,(H,32,34)/t24-/m1/s1. The topological polar surface area (TPSA) is 43.3 Å². The SMILES string of the molecule is COCCNC(=O)C[C@H](c1cccc(C(F)(F)F)c1)c1cn(Cc2ccccc2)c2ccccc12. The van der Waals surface area contributed by atoms with Gasteiger partial charge in [0.2, 0.25) is 5.91 Å². The van der Waals surface area contributed by atoms with Gasteiger partial charge in [-0.1, -0.05) is 66.7 Å². The van der Waals surface area contributed by atoms with Crippen LogP contribution in [0.5, 0.6) is 0 Å². The van der Waals surface area contributed by atoms with E-state index in [-0.39, 0.29) is 12.3 Å². The van der Waals surface area contributed by atoms with Gasteiger partial charge < -0.3 is 14.6 Å². The van der Waals surface area contributed by atoms with Gasteiger partial charge in [-0.3, -0.25) is 4.79 Å². The summed E-state index contributed by atoms with van der Waals surface area (Å²) >= 11 is 0. The number of fused-ring (bicyclic) bond motifs is 1. The Balaban J connectivity index is 1.78. The zero-order valence-electron chi connectivity index (χ0n) is 19.4. The van der Waals surface area contributed by atoms with Gasteiger partial charge in [0, 0.05) is 49.6 Å². The number of nitrogens with one attached hydrogen (secondary N) is 1. The first kappa shape index (κ1) is 24.5. The van der Waals surface area contributed by atoms with Crippen LogP contribution in [0.25, 0.3) is 10.9 Å². The minimum absolute atomic E-state index is 0.0182. The van der Waals surface area contributed by atoms with E-state index in [2.05, 4.69) is 9.88 Å². The Hall–Kier alpha value is -3.58. The molecule has 1 aromatic heterocycles. The van der Waals surface area contributed by atoms with Gasteiger partial charge >= 0.3 is 6.18 Å². The third kappa shape index (κ3) is 5.92. The van der Waals surface area contributed by atoms with E-state index in [9.17, 15) is 18.0 Å². The van der Waals surface area contributed by atoms with Crippen molar-refractivity contribution in [3.8, 4) is 0 Å². The molecule has 0 aliphatic heterocycles. The van der Waals surface area contributed by atoms with Gasteiger partial charge in [-0.05, 0) is 28.8 Å². The number of methoxy groups -OCH3 is 1. The number of carbonyl (C=O) groups is 1. The molecule has 1 amide bonds. The third-order valence-corrected chi connectivity index (χ3v) is 6.02. The third-order valence-electron chi connectivity index (χ3n) is 6.02. The predicted molar refractivity (Wildman–Crippen MR) is 130 cm³/mol. The van der Waals surface area contributed by atoms with Crippen molar-refractivity contribution in [3.63, 3.8) is 0 Å². The van der Waals surface area contributed by atoms with Gasteiger partial charge in [0.15, 0.2) is 0 Å². The molecule has 0 fully saturated rings. The number of hydrogen-bond acceptors (Lipinski definition) is 2. The number of rotatable bonds is 9. The minimum atomic E-state index is -4.47. The lowest BCUT2D eigenvalue weighted by atomic mass is 9.87. The summed E-state index contributed by atoms with van der Waals surface area (Å²) in [7, 11) is 1.54. The summed E-state index contributed by atoms with van der Waals surface area (Å²) in [6, 6.07) is 23.0. The molecule has 0 saturated carbocycles. The van der Waals surface area contributed by atoms with Crippen LogP contribution in [0.1, 0.15) is 34.6 Å². The first-order chi connectivity index (χ1) is 16.9. The minimum Gasteiger partial charge on any atom is -0.383 e. The molecule has 1 heterocycles. The van der Waals surface area contributed by atoms with Crippen molar-refractivity contribution in [1.29, 1.82) is 0 Å². The van der Waals surface area contributed by atoms with Crippen LogP contribution >= 0.6 is 0 Å². The first-order valence-corrected chi connectivity index (χ1v) is 11.4. The normalized spacial score (nSPS) is 12.6. The molecule has 4 nitrogen and oxygen atoms in total. The van der Waals surface area contributed by atoms with Gasteiger partial charge in [0.25, 0.3) is 0 Å². The highest BCUT2D eigenvalue weighted by Gasteiger charge is 2.32. The van der Waals surface area contributed by atoms with E-state index in [1.54, 1.807) is 13.2 Å². The number of halogens is 3. The van der Waals surface area contributed by atoms with Crippen LogP contribution in [0.15, 0.2) is 85.1 Å². The summed E-state index contributed by atoms with van der Waals surface area (Å²) in [6.45, 7) is 1.30. The number of para-hydroxylation sites is 1. The number of benzene rings is 3. The van der Waals surface area contributed by atoms with Gasteiger partial charge in [0.1, 0.15) is 0 Å². The van der Waals surface area contributed by atoms with Crippen LogP contribution in [0.4, 0.5) is 13.2 Å². The monoisotopic (exact) mass is 480 g/mol. The molecule has 35 heavy (non-hydrogen) atoms. The summed E-state index contributed by atoms with van der Waals surface area (Å²) in [5.41, 5.74) is 2.60. The lowest BCUT2D eigenvalue weighted by molar-refractivity contribution is -0.137. The quantitative estimate of drug-likeness (QED) is 0.299. The Morgan fingerprint density at radius 2 is 1.74 bits per heavy atom. The van der Waals surface area contributed by atoms with Crippen LogP contribution in [0.3, 0.4) is 0 Å². The average molecular weight is 481 g/mol. The summed E-state index contributed by atoms with van der Waals surface area (Å²) < 4.78 is 47.6. The van der Waals surface area contributed by atoms with Crippen molar-refractivity contribution >= 4 is 16.8 Å². The second-order valence-electron chi connectivity index (χ2n) is 8.44. The van der Waals surface area contributed by atoms with Crippen LogP contribution in [-0.4, -0.2) is 30.7 Å². The van der Waals surface area contributed by atoms with E-state index in [1.165, 1.54) is 6.07 Å². The fraction of sp³-hybridized carbons (Fsp3) is 0.250. The Labute approximate surface area is 202 Å². The van der Waals surface area contributed by atoms with Crippen LogP contribution in [0, 0.1) is 0 Å². The number of aromatic nitrogens is 1. The van der Waals surface area contributed by atoms with E-state index in [0.29, 0.717) is 25.3 Å². The zero-order chi connectivity index (χ0) is 24.8. The molecule has 3 aromatic carbocycles. The second kappa shape index (κ2) is 10.8. The molecule has 0 aliphatic carbocycles. The second-order valence-corrected chi connectivity index (χ2v) is 8.44. The van der Waals surface area contributed by atoms with Crippen molar-refractivity contribution in [2.24, 2.45) is 0 Å². The van der Waals surface area contributed by atoms with Gasteiger partial charge in [-0.15, -0.1) is 0 Å². The maximum absolute atomic E-state index is 13.5. The highest BCUT2D eigenvalue weighted by atomic mass is 19.4. The zero-order valence-corrected chi connectivity index (χ0v) is 19.4. The Morgan fingerprint density at radius 1 is 1.00 bits per heavy atom. The van der Waals surface area contributed by atoms with Crippen molar-refractivity contribution in [1.82, 2.24) is 9.88 Å². The van der Waals surface area contributed by atoms with E-state index in [0.717, 1.165) is 34.2 Å². The van der Waals surface area contributed by atoms with Crippen molar-refractivity contribution in [2.75, 3.05) is 20.3 Å². The molecule has 0 unspecified atom stereocenters. The maximum atomic E-state index is 13.5. The Bertz CT molecular complexity index is 1280. The van der Waals surface area contributed by atoms with E-state index >= 15 is 0 Å². The lowest BCUT2D eigenvalue weighted by Gasteiger charge is -2.19. The van der Waals surface area contributed by atoms with Crippen molar-refractivity contribution in [3.05, 3.63) is 107 Å². The summed E-state index contributed by atoms with van der Waals surface area (Å²) in [4.78, 5) is 12.8. The fourth-order valence-corrected chi connectivity index (χ4v) is 4.35. The number of nitrogens with zero attached hydrogens (tertiary/aromatic N) is 1. The first-order valence-electron chi connectivity index (χ1n) is 11.4. The molecule has 0 saturated heterocycles. The molecule has 4 aromatic rings. The largest absolute Gasteiger partial charge is 0.416 e. The molecule has 0 aliphatic rings. The molecule has 0 radical (unpaired) electrons. The highest BCUT2D eigenvalue weighted by Crippen LogP contribution is 2.37. The van der Waals surface area contributed by atoms with E-state index in [4.69, 9.17) is 4.74 Å². The number of hydrogen-bond donors (Lipinski definition) is 1. The molecule has 1 atom stereocenters. The molecule has 0 spiro atoms. The molecule has 1 N–H and O–H groups in total. The number of alkyl halides is 3. The van der Waals surface area contributed by atoms with Gasteiger partial charge in [0.05, 0.1) is 12.2 Å². The van der Waals surface area contributed by atoms with Crippen LogP contribution in [-0.2, 0) is 22.3 Å². The van der Waals surface area contributed by atoms with Crippen LogP contribution in [0.2, 0.25) is 0 Å². The Morgan fingerprint density at radius 3 is 2.49 bits per heavy atom. The summed E-state index contributed by atoms with van der Waals surface area (Å²) in [6.07, 6.45) is -2.49. The predicted octanol–water partition coefficient (Wildman–Crippen LogP) is 5.99. The van der Waals surface area contributed by atoms with Gasteiger partial charge in [-0.25, -0.2) is 0 Å².